The highest BCUT2D eigenvalue weighted by atomic mass is 16.7. The summed E-state index contributed by atoms with van der Waals surface area (Å²) in [6, 6.07) is 10.2. The van der Waals surface area contributed by atoms with E-state index in [0.29, 0.717) is 16.4 Å². The third-order valence-electron chi connectivity index (χ3n) is 5.76. The second-order valence-corrected chi connectivity index (χ2v) is 8.10. The Kier molecular flexibility index (Phi) is 2.73. The molecule has 4 aromatic rings. The van der Waals surface area contributed by atoms with Gasteiger partial charge >= 0.3 is 7.12 Å². The van der Waals surface area contributed by atoms with Crippen LogP contribution in [-0.4, -0.2) is 18.3 Å². The van der Waals surface area contributed by atoms with E-state index in [1.165, 1.54) is 0 Å². The lowest BCUT2D eigenvalue weighted by atomic mass is 9.75. The standard InChI is InChI=1S/C24H23BO3/c1-23(2)24(3,4)28-25(27-23)19-14-17(16-10-6-5-7-11-16)15-21-22(19)18-12-8-9-13-20(18)26-21/h5-15H,1-4H3/i8D,9D,12D,13D,15D. The summed E-state index contributed by atoms with van der Waals surface area (Å²) in [5.74, 6) is 0. The lowest BCUT2D eigenvalue weighted by Crippen LogP contribution is -2.41. The number of benzene rings is 3. The molecular weight excluding hydrogens is 347 g/mol. The first-order valence-electron chi connectivity index (χ1n) is 11.8. The van der Waals surface area contributed by atoms with Crippen LogP contribution >= 0.6 is 0 Å². The van der Waals surface area contributed by atoms with Crippen molar-refractivity contribution in [2.24, 2.45) is 0 Å². The van der Waals surface area contributed by atoms with Gasteiger partial charge in [0.25, 0.3) is 0 Å². The summed E-state index contributed by atoms with van der Waals surface area (Å²) in [5.41, 5.74) is 0.951. The number of hydrogen-bond acceptors (Lipinski definition) is 3. The monoisotopic (exact) mass is 375 g/mol. The van der Waals surface area contributed by atoms with Crippen molar-refractivity contribution in [2.45, 2.75) is 38.9 Å². The lowest BCUT2D eigenvalue weighted by molar-refractivity contribution is 0.00578. The van der Waals surface area contributed by atoms with E-state index in [1.807, 2.05) is 64.1 Å². The molecule has 28 heavy (non-hydrogen) atoms. The average Bonchev–Trinajstić information content (AvgIpc) is 3.27. The van der Waals surface area contributed by atoms with Crippen molar-refractivity contribution in [3.05, 3.63) is 66.6 Å². The van der Waals surface area contributed by atoms with Crippen LogP contribution in [0.2, 0.25) is 0 Å². The highest BCUT2D eigenvalue weighted by molar-refractivity contribution is 6.66. The van der Waals surface area contributed by atoms with Crippen LogP contribution in [0.15, 0.2) is 71.0 Å². The van der Waals surface area contributed by atoms with Crippen LogP contribution in [0.25, 0.3) is 33.1 Å². The normalized spacial score (nSPS) is 20.7. The van der Waals surface area contributed by atoms with Gasteiger partial charge in [-0.3, -0.25) is 0 Å². The van der Waals surface area contributed by atoms with Gasteiger partial charge in [0.05, 0.1) is 18.1 Å². The fourth-order valence-corrected chi connectivity index (χ4v) is 3.50. The van der Waals surface area contributed by atoms with Crippen LogP contribution in [0.1, 0.15) is 34.5 Å². The Morgan fingerprint density at radius 2 is 1.54 bits per heavy atom. The first kappa shape index (κ1) is 12.8. The molecule has 1 aliphatic heterocycles. The Morgan fingerprint density at radius 3 is 2.25 bits per heavy atom. The zero-order valence-corrected chi connectivity index (χ0v) is 16.3. The van der Waals surface area contributed by atoms with Gasteiger partial charge in [0, 0.05) is 10.8 Å². The molecule has 1 saturated heterocycles. The molecule has 0 amide bonds. The van der Waals surface area contributed by atoms with E-state index >= 15 is 0 Å². The third kappa shape index (κ3) is 2.60. The second-order valence-electron chi connectivity index (χ2n) is 8.10. The number of para-hydroxylation sites is 1. The van der Waals surface area contributed by atoms with Crippen LogP contribution in [0.4, 0.5) is 0 Å². The molecule has 0 bridgehead atoms. The molecule has 140 valence electrons. The van der Waals surface area contributed by atoms with Gasteiger partial charge < -0.3 is 13.7 Å². The van der Waals surface area contributed by atoms with Gasteiger partial charge in [-0.1, -0.05) is 54.5 Å². The van der Waals surface area contributed by atoms with Crippen molar-refractivity contribution in [1.29, 1.82) is 0 Å². The number of fused-ring (bicyclic) bond motifs is 3. The van der Waals surface area contributed by atoms with E-state index in [1.54, 1.807) is 0 Å². The van der Waals surface area contributed by atoms with Gasteiger partial charge in [-0.25, -0.2) is 0 Å². The van der Waals surface area contributed by atoms with Gasteiger partial charge in [0.1, 0.15) is 11.2 Å². The molecule has 1 fully saturated rings. The van der Waals surface area contributed by atoms with Crippen molar-refractivity contribution in [3.8, 4) is 11.1 Å². The minimum atomic E-state index is -0.806. The molecular formula is C24H23BO3. The SMILES string of the molecule is [2H]c1c([2H])c([2H])c2c(oc3c([2H])c(-c4ccccc4)cc(B4OC(C)(C)C(C)(C)O4)c32)c1[2H]. The summed E-state index contributed by atoms with van der Waals surface area (Å²) in [6.07, 6.45) is 0. The molecule has 0 saturated carbocycles. The highest BCUT2D eigenvalue weighted by Crippen LogP contribution is 2.39. The highest BCUT2D eigenvalue weighted by Gasteiger charge is 2.52. The van der Waals surface area contributed by atoms with Gasteiger partial charge in [0.15, 0.2) is 0 Å². The lowest BCUT2D eigenvalue weighted by Gasteiger charge is -2.32. The van der Waals surface area contributed by atoms with Gasteiger partial charge in [-0.2, -0.15) is 0 Å². The van der Waals surface area contributed by atoms with Crippen molar-refractivity contribution in [1.82, 2.24) is 0 Å². The summed E-state index contributed by atoms with van der Waals surface area (Å²) in [6.45, 7) is 7.78. The Hall–Kier alpha value is -2.56. The number of hydrogen-bond donors (Lipinski definition) is 0. The maximum atomic E-state index is 8.89. The van der Waals surface area contributed by atoms with E-state index < -0.39 is 18.3 Å². The molecule has 0 atom stereocenters. The molecule has 3 nitrogen and oxygen atoms in total. The molecule has 0 radical (unpaired) electrons. The largest absolute Gasteiger partial charge is 0.495 e. The summed E-state index contributed by atoms with van der Waals surface area (Å²) < 4.78 is 60.6. The van der Waals surface area contributed by atoms with Gasteiger partial charge in [-0.05, 0) is 56.4 Å². The zero-order chi connectivity index (χ0) is 23.9. The van der Waals surface area contributed by atoms with E-state index in [2.05, 4.69) is 0 Å². The first-order valence-corrected chi connectivity index (χ1v) is 9.31. The number of rotatable bonds is 2. The number of furan rings is 1. The maximum Gasteiger partial charge on any atom is 0.495 e. The Bertz CT molecular complexity index is 1410. The summed E-state index contributed by atoms with van der Waals surface area (Å²) in [5, 5.41) is 0.647. The van der Waals surface area contributed by atoms with Crippen LogP contribution in [0, 0.1) is 0 Å². The minimum Gasteiger partial charge on any atom is -0.456 e. The predicted octanol–water partition coefficient (Wildman–Crippen LogP) is 5.55. The predicted molar refractivity (Wildman–Crippen MR) is 115 cm³/mol. The quantitative estimate of drug-likeness (QED) is 0.431. The Balaban J connectivity index is 1.92. The molecule has 0 N–H and O–H groups in total. The Morgan fingerprint density at radius 1 is 0.857 bits per heavy atom. The maximum absolute atomic E-state index is 8.89. The van der Waals surface area contributed by atoms with Crippen LogP contribution < -0.4 is 5.46 Å². The van der Waals surface area contributed by atoms with Gasteiger partial charge in [-0.15, -0.1) is 0 Å². The minimum absolute atomic E-state index is 0.0208. The van der Waals surface area contributed by atoms with Crippen LogP contribution in [-0.2, 0) is 9.31 Å². The molecule has 5 rings (SSSR count). The average molecular weight is 375 g/mol. The summed E-state index contributed by atoms with van der Waals surface area (Å²) in [7, 11) is -0.806. The van der Waals surface area contributed by atoms with Crippen LogP contribution in [0.5, 0.6) is 0 Å². The van der Waals surface area contributed by atoms with Gasteiger partial charge in [0.2, 0.25) is 0 Å². The molecule has 2 heterocycles. The Labute approximate surface area is 172 Å². The third-order valence-corrected chi connectivity index (χ3v) is 5.76. The topological polar surface area (TPSA) is 31.6 Å². The summed E-state index contributed by atoms with van der Waals surface area (Å²) >= 11 is 0. The molecule has 0 unspecified atom stereocenters. The molecule has 1 aliphatic rings. The smallest absolute Gasteiger partial charge is 0.456 e. The van der Waals surface area contributed by atoms with E-state index in [9.17, 15) is 0 Å². The fraction of sp³-hybridized carbons (Fsp3) is 0.250. The van der Waals surface area contributed by atoms with E-state index in [4.69, 9.17) is 20.6 Å². The molecule has 4 heteroatoms. The molecule has 1 aromatic heterocycles. The van der Waals surface area contributed by atoms with Crippen LogP contribution in [0.3, 0.4) is 0 Å². The second kappa shape index (κ2) is 5.97. The van der Waals surface area contributed by atoms with Crippen molar-refractivity contribution in [3.63, 3.8) is 0 Å². The van der Waals surface area contributed by atoms with Crippen molar-refractivity contribution in [2.75, 3.05) is 0 Å². The molecule has 0 spiro atoms. The van der Waals surface area contributed by atoms with Crippen molar-refractivity contribution < 1.29 is 20.6 Å². The summed E-state index contributed by atoms with van der Waals surface area (Å²) in [4.78, 5) is 0. The zero-order valence-electron chi connectivity index (χ0n) is 21.3. The van der Waals surface area contributed by atoms with E-state index in [-0.39, 0.29) is 46.8 Å². The van der Waals surface area contributed by atoms with Crippen molar-refractivity contribution >= 4 is 34.5 Å². The first-order chi connectivity index (χ1) is 15.4. The molecule has 0 aliphatic carbocycles. The fourth-order valence-electron chi connectivity index (χ4n) is 3.50. The molecule has 3 aromatic carbocycles. The van der Waals surface area contributed by atoms with E-state index in [0.717, 1.165) is 5.56 Å².